The minimum atomic E-state index is -3.70. The lowest BCUT2D eigenvalue weighted by Gasteiger charge is -2.31. The largest absolute Gasteiger partial charge is 0.330 e. The molecule has 0 heterocycles. The number of hydrogen-bond acceptors (Lipinski definition) is 5. The summed E-state index contributed by atoms with van der Waals surface area (Å²) in [7, 11) is -3.70. The number of aryl methyl sites for hydroxylation is 1. The van der Waals surface area contributed by atoms with Crippen molar-refractivity contribution < 1.29 is 13.3 Å². The second-order valence-corrected chi connectivity index (χ2v) is 7.43. The lowest BCUT2D eigenvalue weighted by molar-refractivity contribution is -0.385. The predicted octanol–water partition coefficient (Wildman–Crippen LogP) is 1.70. The number of hydrogen-bond donors (Lipinski definition) is 2. The van der Waals surface area contributed by atoms with E-state index >= 15 is 0 Å². The van der Waals surface area contributed by atoms with Crippen LogP contribution in [0.4, 0.5) is 5.69 Å². The molecule has 2 unspecified atom stereocenters. The van der Waals surface area contributed by atoms with E-state index in [1.807, 2.05) is 0 Å². The van der Waals surface area contributed by atoms with Crippen LogP contribution in [0.1, 0.15) is 31.2 Å². The van der Waals surface area contributed by atoms with Crippen LogP contribution in [0.3, 0.4) is 0 Å². The van der Waals surface area contributed by atoms with Gasteiger partial charge in [-0.2, -0.15) is 0 Å². The molecule has 0 aromatic heterocycles. The summed E-state index contributed by atoms with van der Waals surface area (Å²) in [6.45, 7) is 1.98. The van der Waals surface area contributed by atoms with E-state index in [2.05, 4.69) is 4.72 Å². The molecular weight excluding hydrogens is 306 g/mol. The van der Waals surface area contributed by atoms with Crippen molar-refractivity contribution in [3.05, 3.63) is 33.9 Å². The van der Waals surface area contributed by atoms with Gasteiger partial charge in [0.2, 0.25) is 10.0 Å². The summed E-state index contributed by atoms with van der Waals surface area (Å²) in [5.41, 5.74) is 5.96. The van der Waals surface area contributed by atoms with Crippen LogP contribution in [0, 0.1) is 23.0 Å². The first-order valence-electron chi connectivity index (χ1n) is 7.32. The molecule has 0 aliphatic heterocycles. The Morgan fingerprint density at radius 2 is 2.05 bits per heavy atom. The van der Waals surface area contributed by atoms with Gasteiger partial charge in [-0.3, -0.25) is 10.1 Å². The highest BCUT2D eigenvalue weighted by Gasteiger charge is 2.29. The van der Waals surface area contributed by atoms with Gasteiger partial charge in [0.05, 0.1) is 9.82 Å². The lowest BCUT2D eigenvalue weighted by Crippen LogP contribution is -2.44. The van der Waals surface area contributed by atoms with Crippen LogP contribution in [0.5, 0.6) is 0 Å². The Bertz CT molecular complexity index is 660. The number of nitrogens with two attached hydrogens (primary N) is 1. The van der Waals surface area contributed by atoms with Gasteiger partial charge in [-0.15, -0.1) is 0 Å². The van der Waals surface area contributed by atoms with Crippen LogP contribution >= 0.6 is 0 Å². The SMILES string of the molecule is Cc1cc(S(=O)(=O)NC2CCCCC2CN)ccc1[N+](=O)[O-]. The maximum atomic E-state index is 12.5. The molecule has 2 rings (SSSR count). The number of nitrogens with zero attached hydrogens (tertiary/aromatic N) is 1. The highest BCUT2D eigenvalue weighted by molar-refractivity contribution is 7.89. The summed E-state index contributed by atoms with van der Waals surface area (Å²) in [6.07, 6.45) is 3.73. The van der Waals surface area contributed by atoms with Crippen LogP contribution in [0.25, 0.3) is 0 Å². The average molecular weight is 327 g/mol. The van der Waals surface area contributed by atoms with Crippen molar-refractivity contribution in [1.82, 2.24) is 4.72 Å². The smallest absolute Gasteiger partial charge is 0.272 e. The second kappa shape index (κ2) is 6.72. The zero-order valence-electron chi connectivity index (χ0n) is 12.5. The van der Waals surface area contributed by atoms with Crippen molar-refractivity contribution >= 4 is 15.7 Å². The molecule has 7 nitrogen and oxygen atoms in total. The molecule has 1 fully saturated rings. The van der Waals surface area contributed by atoms with Crippen molar-refractivity contribution in [3.63, 3.8) is 0 Å². The fourth-order valence-electron chi connectivity index (χ4n) is 2.91. The van der Waals surface area contributed by atoms with Crippen molar-refractivity contribution in [2.24, 2.45) is 11.7 Å². The van der Waals surface area contributed by atoms with Crippen LogP contribution in [0.2, 0.25) is 0 Å². The van der Waals surface area contributed by atoms with E-state index in [1.165, 1.54) is 25.1 Å². The third-order valence-corrected chi connectivity index (χ3v) is 5.68. The first kappa shape index (κ1) is 16.9. The highest BCUT2D eigenvalue weighted by Crippen LogP contribution is 2.26. The lowest BCUT2D eigenvalue weighted by atomic mass is 9.85. The molecule has 1 aliphatic rings. The minimum Gasteiger partial charge on any atom is -0.330 e. The van der Waals surface area contributed by atoms with Gasteiger partial charge in [0.25, 0.3) is 5.69 Å². The molecule has 8 heteroatoms. The second-order valence-electron chi connectivity index (χ2n) is 5.71. The summed E-state index contributed by atoms with van der Waals surface area (Å²) >= 11 is 0. The normalized spacial score (nSPS) is 22.5. The topological polar surface area (TPSA) is 115 Å². The third kappa shape index (κ3) is 3.63. The summed E-state index contributed by atoms with van der Waals surface area (Å²) in [4.78, 5) is 10.3. The van der Waals surface area contributed by atoms with Gasteiger partial charge in [-0.25, -0.2) is 13.1 Å². The van der Waals surface area contributed by atoms with Crippen LogP contribution in [-0.4, -0.2) is 25.9 Å². The Kier molecular flexibility index (Phi) is 5.15. The van der Waals surface area contributed by atoms with E-state index in [0.29, 0.717) is 12.1 Å². The van der Waals surface area contributed by atoms with Crippen molar-refractivity contribution in [2.75, 3.05) is 6.54 Å². The molecule has 1 aromatic rings. The molecule has 3 N–H and O–H groups in total. The molecule has 1 saturated carbocycles. The van der Waals surface area contributed by atoms with E-state index < -0.39 is 14.9 Å². The predicted molar refractivity (Wildman–Crippen MR) is 83.0 cm³/mol. The standard InChI is InChI=1S/C14H21N3O4S/c1-10-8-12(6-7-14(10)17(18)19)22(20,21)16-13-5-3-2-4-11(13)9-15/h6-8,11,13,16H,2-5,9,15H2,1H3. The van der Waals surface area contributed by atoms with Crippen molar-refractivity contribution in [3.8, 4) is 0 Å². The van der Waals surface area contributed by atoms with Gasteiger partial charge in [0, 0.05) is 17.7 Å². The van der Waals surface area contributed by atoms with Gasteiger partial charge >= 0.3 is 0 Å². The Morgan fingerprint density at radius 3 is 2.64 bits per heavy atom. The van der Waals surface area contributed by atoms with E-state index in [9.17, 15) is 18.5 Å². The first-order valence-corrected chi connectivity index (χ1v) is 8.81. The Balaban J connectivity index is 2.23. The summed E-state index contributed by atoms with van der Waals surface area (Å²) in [5.74, 6) is 0.141. The van der Waals surface area contributed by atoms with Gasteiger partial charge in [-0.1, -0.05) is 12.8 Å². The Labute approximate surface area is 130 Å². The number of nitro groups is 1. The Morgan fingerprint density at radius 1 is 1.36 bits per heavy atom. The van der Waals surface area contributed by atoms with Crippen molar-refractivity contribution in [2.45, 2.75) is 43.5 Å². The van der Waals surface area contributed by atoms with E-state index in [-0.39, 0.29) is 22.5 Å². The van der Waals surface area contributed by atoms with E-state index in [0.717, 1.165) is 25.7 Å². The van der Waals surface area contributed by atoms with Crippen LogP contribution < -0.4 is 10.5 Å². The molecule has 2 atom stereocenters. The number of benzene rings is 1. The van der Waals surface area contributed by atoms with E-state index in [4.69, 9.17) is 5.73 Å². The highest BCUT2D eigenvalue weighted by atomic mass is 32.2. The molecule has 0 radical (unpaired) electrons. The summed E-state index contributed by atoms with van der Waals surface area (Å²) in [5, 5.41) is 10.8. The average Bonchev–Trinajstić information content (AvgIpc) is 2.47. The molecule has 0 amide bonds. The van der Waals surface area contributed by atoms with Crippen LogP contribution in [-0.2, 0) is 10.0 Å². The third-order valence-electron chi connectivity index (χ3n) is 4.19. The van der Waals surface area contributed by atoms with Gasteiger partial charge in [0.15, 0.2) is 0 Å². The van der Waals surface area contributed by atoms with Gasteiger partial charge in [-0.05, 0) is 44.4 Å². The molecular formula is C14H21N3O4S. The Hall–Kier alpha value is -1.51. The zero-order chi connectivity index (χ0) is 16.3. The number of sulfonamides is 1. The van der Waals surface area contributed by atoms with E-state index in [1.54, 1.807) is 0 Å². The minimum absolute atomic E-state index is 0.0527. The molecule has 1 aromatic carbocycles. The quantitative estimate of drug-likeness (QED) is 0.631. The summed E-state index contributed by atoms with van der Waals surface area (Å²) in [6, 6.07) is 3.67. The summed E-state index contributed by atoms with van der Waals surface area (Å²) < 4.78 is 27.7. The first-order chi connectivity index (χ1) is 10.3. The maximum Gasteiger partial charge on any atom is 0.272 e. The van der Waals surface area contributed by atoms with Gasteiger partial charge < -0.3 is 5.73 Å². The molecule has 0 saturated heterocycles. The van der Waals surface area contributed by atoms with Crippen LogP contribution in [0.15, 0.2) is 23.1 Å². The maximum absolute atomic E-state index is 12.5. The molecule has 1 aliphatic carbocycles. The number of nitrogens with one attached hydrogen (secondary N) is 1. The fraction of sp³-hybridized carbons (Fsp3) is 0.571. The fourth-order valence-corrected chi connectivity index (χ4v) is 4.34. The monoisotopic (exact) mass is 327 g/mol. The van der Waals surface area contributed by atoms with Gasteiger partial charge in [0.1, 0.15) is 0 Å². The number of rotatable bonds is 5. The molecule has 0 bridgehead atoms. The number of nitro benzene ring substituents is 1. The molecule has 22 heavy (non-hydrogen) atoms. The molecule has 0 spiro atoms. The zero-order valence-corrected chi connectivity index (χ0v) is 13.3. The molecule has 122 valence electrons. The van der Waals surface area contributed by atoms with Crippen molar-refractivity contribution in [1.29, 1.82) is 0 Å².